The zero-order valence-electron chi connectivity index (χ0n) is 7.17. The Balaban J connectivity index is 2.54. The van der Waals surface area contributed by atoms with Crippen molar-refractivity contribution in [2.75, 3.05) is 12.4 Å². The minimum absolute atomic E-state index is 0.0775. The molecule has 0 aliphatic rings. The number of nitrogens with zero attached hydrogens (tertiary/aromatic N) is 2. The van der Waals surface area contributed by atoms with E-state index in [-0.39, 0.29) is 11.9 Å². The average Bonchev–Trinajstić information content (AvgIpc) is 2.49. The van der Waals surface area contributed by atoms with E-state index in [0.717, 1.165) is 0 Å². The third-order valence-corrected chi connectivity index (χ3v) is 2.67. The summed E-state index contributed by atoms with van der Waals surface area (Å²) in [5, 5.41) is 13.6. The number of aromatic nitrogens is 2. The molecule has 2 N–H and O–H groups in total. The first kappa shape index (κ1) is 10.4. The molecular formula is C6H9BrN4OS. The number of rotatable bonds is 3. The minimum atomic E-state index is -0.301. The molecule has 1 amide bonds. The molecule has 0 radical (unpaired) electrons. The van der Waals surface area contributed by atoms with E-state index in [9.17, 15) is 4.79 Å². The third-order valence-electron chi connectivity index (χ3n) is 1.38. The largest absolute Gasteiger partial charge is 0.357 e. The monoisotopic (exact) mass is 264 g/mol. The van der Waals surface area contributed by atoms with E-state index in [1.54, 1.807) is 14.0 Å². The average molecular weight is 265 g/mol. The molecule has 1 atom stereocenters. The lowest BCUT2D eigenvalue weighted by Crippen LogP contribution is -2.35. The fourth-order valence-electron chi connectivity index (χ4n) is 0.731. The van der Waals surface area contributed by atoms with Crippen molar-refractivity contribution in [1.29, 1.82) is 0 Å². The standard InChI is InChI=1S/C6H9BrN4OS/c1-3(4(12)8-2)9-6-11-10-5(7)13-6/h3H,1-2H3,(H,8,12)(H,9,11). The molecule has 0 fully saturated rings. The summed E-state index contributed by atoms with van der Waals surface area (Å²) in [6, 6.07) is -0.301. The maximum atomic E-state index is 11.1. The highest BCUT2D eigenvalue weighted by molar-refractivity contribution is 9.11. The van der Waals surface area contributed by atoms with Gasteiger partial charge in [-0.2, -0.15) is 0 Å². The molecule has 0 aliphatic carbocycles. The number of anilines is 1. The molecule has 0 aliphatic heterocycles. The molecule has 1 aromatic rings. The van der Waals surface area contributed by atoms with E-state index in [2.05, 4.69) is 36.8 Å². The molecule has 72 valence electrons. The summed E-state index contributed by atoms with van der Waals surface area (Å²) in [7, 11) is 1.59. The Labute approximate surface area is 88.1 Å². The van der Waals surface area contributed by atoms with Gasteiger partial charge in [-0.1, -0.05) is 11.3 Å². The Kier molecular flexibility index (Phi) is 3.61. The Hall–Kier alpha value is -0.690. The van der Waals surface area contributed by atoms with Gasteiger partial charge < -0.3 is 10.6 Å². The maximum Gasteiger partial charge on any atom is 0.242 e. The van der Waals surface area contributed by atoms with Gasteiger partial charge in [-0.15, -0.1) is 10.2 Å². The molecule has 0 bridgehead atoms. The highest BCUT2D eigenvalue weighted by Crippen LogP contribution is 2.20. The SMILES string of the molecule is CNC(=O)C(C)Nc1nnc(Br)s1. The predicted molar refractivity (Wildman–Crippen MR) is 54.8 cm³/mol. The van der Waals surface area contributed by atoms with Gasteiger partial charge in [0, 0.05) is 7.05 Å². The van der Waals surface area contributed by atoms with Crippen LogP contribution >= 0.6 is 27.3 Å². The quantitative estimate of drug-likeness (QED) is 0.850. The van der Waals surface area contributed by atoms with Gasteiger partial charge in [0.05, 0.1) is 0 Å². The van der Waals surface area contributed by atoms with Gasteiger partial charge in [0.25, 0.3) is 0 Å². The number of carbonyl (C=O) groups excluding carboxylic acids is 1. The Morgan fingerprint density at radius 1 is 1.62 bits per heavy atom. The molecule has 5 nitrogen and oxygen atoms in total. The molecule has 7 heteroatoms. The second-order valence-corrected chi connectivity index (χ2v) is 4.59. The zero-order chi connectivity index (χ0) is 9.84. The van der Waals surface area contributed by atoms with Crippen molar-refractivity contribution in [3.05, 3.63) is 3.92 Å². The fraction of sp³-hybridized carbons (Fsp3) is 0.500. The smallest absolute Gasteiger partial charge is 0.242 e. The van der Waals surface area contributed by atoms with E-state index in [1.807, 2.05) is 0 Å². The summed E-state index contributed by atoms with van der Waals surface area (Å²) in [6.07, 6.45) is 0. The molecule has 1 aromatic heterocycles. The Morgan fingerprint density at radius 2 is 2.31 bits per heavy atom. The van der Waals surface area contributed by atoms with Gasteiger partial charge >= 0.3 is 0 Å². The summed E-state index contributed by atoms with van der Waals surface area (Å²) >= 11 is 4.53. The van der Waals surface area contributed by atoms with Crippen LogP contribution in [0.3, 0.4) is 0 Å². The Morgan fingerprint density at radius 3 is 2.77 bits per heavy atom. The molecule has 0 saturated heterocycles. The van der Waals surface area contributed by atoms with Gasteiger partial charge in [0.2, 0.25) is 11.0 Å². The molecule has 1 unspecified atom stereocenters. The first-order valence-electron chi connectivity index (χ1n) is 3.60. The number of hydrogen-bond donors (Lipinski definition) is 2. The molecule has 0 spiro atoms. The summed E-state index contributed by atoms with van der Waals surface area (Å²) in [5.74, 6) is -0.0775. The van der Waals surface area contributed by atoms with E-state index in [0.29, 0.717) is 9.05 Å². The zero-order valence-corrected chi connectivity index (χ0v) is 9.57. The van der Waals surface area contributed by atoms with Crippen LogP contribution in [0.2, 0.25) is 0 Å². The van der Waals surface area contributed by atoms with Crippen LogP contribution in [0.4, 0.5) is 5.13 Å². The summed E-state index contributed by atoms with van der Waals surface area (Å²) in [4.78, 5) is 11.1. The summed E-state index contributed by atoms with van der Waals surface area (Å²) in [6.45, 7) is 1.76. The van der Waals surface area contributed by atoms with Crippen molar-refractivity contribution >= 4 is 38.3 Å². The van der Waals surface area contributed by atoms with Crippen LogP contribution in [0.1, 0.15) is 6.92 Å². The van der Waals surface area contributed by atoms with Gasteiger partial charge in [-0.25, -0.2) is 0 Å². The first-order valence-corrected chi connectivity index (χ1v) is 5.21. The third kappa shape index (κ3) is 2.92. The summed E-state index contributed by atoms with van der Waals surface area (Å²) in [5.41, 5.74) is 0. The van der Waals surface area contributed by atoms with Crippen molar-refractivity contribution in [3.8, 4) is 0 Å². The molecule has 1 heterocycles. The van der Waals surface area contributed by atoms with Gasteiger partial charge in [0.1, 0.15) is 6.04 Å². The normalized spacial score (nSPS) is 12.2. The van der Waals surface area contributed by atoms with Crippen LogP contribution in [0.25, 0.3) is 0 Å². The van der Waals surface area contributed by atoms with E-state index in [4.69, 9.17) is 0 Å². The lowest BCUT2D eigenvalue weighted by atomic mass is 10.3. The summed E-state index contributed by atoms with van der Waals surface area (Å²) < 4.78 is 0.694. The van der Waals surface area contributed by atoms with E-state index in [1.165, 1.54) is 11.3 Å². The molecular weight excluding hydrogens is 256 g/mol. The number of amides is 1. The highest BCUT2D eigenvalue weighted by atomic mass is 79.9. The number of hydrogen-bond acceptors (Lipinski definition) is 5. The number of halogens is 1. The minimum Gasteiger partial charge on any atom is -0.357 e. The van der Waals surface area contributed by atoms with Crippen LogP contribution in [0, 0.1) is 0 Å². The molecule has 13 heavy (non-hydrogen) atoms. The molecule has 1 rings (SSSR count). The van der Waals surface area contributed by atoms with Crippen molar-refractivity contribution < 1.29 is 4.79 Å². The van der Waals surface area contributed by atoms with E-state index < -0.39 is 0 Å². The van der Waals surface area contributed by atoms with Crippen LogP contribution < -0.4 is 10.6 Å². The highest BCUT2D eigenvalue weighted by Gasteiger charge is 2.12. The van der Waals surface area contributed by atoms with Crippen molar-refractivity contribution in [2.24, 2.45) is 0 Å². The van der Waals surface area contributed by atoms with Crippen LogP contribution in [0.5, 0.6) is 0 Å². The second kappa shape index (κ2) is 4.52. The second-order valence-electron chi connectivity index (χ2n) is 2.34. The van der Waals surface area contributed by atoms with Crippen LogP contribution in [-0.4, -0.2) is 29.2 Å². The predicted octanol–water partition coefficient (Wildman–Crippen LogP) is 0.847. The maximum absolute atomic E-state index is 11.1. The van der Waals surface area contributed by atoms with Crippen molar-refractivity contribution in [1.82, 2.24) is 15.5 Å². The van der Waals surface area contributed by atoms with Crippen molar-refractivity contribution in [2.45, 2.75) is 13.0 Å². The number of likely N-dealkylation sites (N-methyl/N-ethyl adjacent to an activating group) is 1. The number of nitrogens with one attached hydrogen (secondary N) is 2. The van der Waals surface area contributed by atoms with Crippen LogP contribution in [-0.2, 0) is 4.79 Å². The first-order chi connectivity index (χ1) is 6.13. The number of carbonyl (C=O) groups is 1. The van der Waals surface area contributed by atoms with E-state index >= 15 is 0 Å². The molecule has 0 aromatic carbocycles. The fourth-order valence-corrected chi connectivity index (χ4v) is 1.83. The molecule has 0 saturated carbocycles. The van der Waals surface area contributed by atoms with Gasteiger partial charge in [-0.05, 0) is 22.9 Å². The van der Waals surface area contributed by atoms with Crippen LogP contribution in [0.15, 0.2) is 3.92 Å². The topological polar surface area (TPSA) is 66.9 Å². The van der Waals surface area contributed by atoms with Gasteiger partial charge in [0.15, 0.2) is 3.92 Å². The lowest BCUT2D eigenvalue weighted by Gasteiger charge is -2.09. The lowest BCUT2D eigenvalue weighted by molar-refractivity contribution is -0.121. The Bertz CT molecular complexity index is 303. The van der Waals surface area contributed by atoms with Crippen molar-refractivity contribution in [3.63, 3.8) is 0 Å². The van der Waals surface area contributed by atoms with Gasteiger partial charge in [-0.3, -0.25) is 4.79 Å².